The monoisotopic (exact) mass is 271 g/mol. The lowest BCUT2D eigenvalue weighted by Crippen LogP contribution is -2.02. The molecular formula is C16H14FNO2. The highest BCUT2D eigenvalue weighted by molar-refractivity contribution is 5.82. The summed E-state index contributed by atoms with van der Waals surface area (Å²) in [6, 6.07) is 13.7. The highest BCUT2D eigenvalue weighted by atomic mass is 19.1. The molecule has 0 aliphatic rings. The first kappa shape index (κ1) is 12.7. The smallest absolute Gasteiger partial charge is 0.134 e. The van der Waals surface area contributed by atoms with Crippen LogP contribution < -0.4 is 10.5 Å². The van der Waals surface area contributed by atoms with Crippen LogP contribution in [0.1, 0.15) is 11.3 Å². The minimum atomic E-state index is -0.284. The van der Waals surface area contributed by atoms with Crippen LogP contribution in [-0.4, -0.2) is 0 Å². The number of rotatable bonds is 4. The van der Waals surface area contributed by atoms with E-state index in [1.54, 1.807) is 12.1 Å². The quantitative estimate of drug-likeness (QED) is 0.788. The zero-order valence-corrected chi connectivity index (χ0v) is 10.8. The fourth-order valence-electron chi connectivity index (χ4n) is 2.16. The summed E-state index contributed by atoms with van der Waals surface area (Å²) in [5.74, 6) is 1.04. The van der Waals surface area contributed by atoms with E-state index in [2.05, 4.69) is 0 Å². The summed E-state index contributed by atoms with van der Waals surface area (Å²) in [5, 5.41) is 0.995. The summed E-state index contributed by atoms with van der Waals surface area (Å²) in [5.41, 5.74) is 7.44. The van der Waals surface area contributed by atoms with Crippen molar-refractivity contribution in [1.29, 1.82) is 0 Å². The lowest BCUT2D eigenvalue weighted by molar-refractivity contribution is 0.303. The first-order chi connectivity index (χ1) is 9.78. The van der Waals surface area contributed by atoms with Gasteiger partial charge in [-0.3, -0.25) is 0 Å². The maximum absolute atomic E-state index is 12.8. The average Bonchev–Trinajstić information content (AvgIpc) is 2.84. The topological polar surface area (TPSA) is 48.4 Å². The Hall–Kier alpha value is -2.33. The highest BCUT2D eigenvalue weighted by Crippen LogP contribution is 2.27. The second-order valence-electron chi connectivity index (χ2n) is 4.45. The van der Waals surface area contributed by atoms with E-state index in [0.29, 0.717) is 24.7 Å². The molecule has 3 rings (SSSR count). The molecule has 3 aromatic rings. The Kier molecular flexibility index (Phi) is 3.39. The van der Waals surface area contributed by atoms with Crippen molar-refractivity contribution in [3.05, 3.63) is 65.7 Å². The molecular weight excluding hydrogens is 257 g/mol. The number of benzene rings is 2. The van der Waals surface area contributed by atoms with Crippen LogP contribution in [0.4, 0.5) is 4.39 Å². The number of nitrogens with two attached hydrogens (primary N) is 1. The average molecular weight is 271 g/mol. The molecule has 102 valence electrons. The van der Waals surface area contributed by atoms with E-state index < -0.39 is 0 Å². The molecule has 20 heavy (non-hydrogen) atoms. The van der Waals surface area contributed by atoms with Gasteiger partial charge in [0.2, 0.25) is 0 Å². The summed E-state index contributed by atoms with van der Waals surface area (Å²) in [7, 11) is 0. The predicted octanol–water partition coefficient (Wildman–Crippen LogP) is 3.61. The van der Waals surface area contributed by atoms with Gasteiger partial charge in [0.25, 0.3) is 0 Å². The standard InChI is InChI=1S/C16H14FNO2/c17-11-5-7-12(8-6-11)19-10-14-13-3-1-2-4-15(13)20-16(14)9-18/h1-8H,9-10,18H2. The van der Waals surface area contributed by atoms with Gasteiger partial charge in [0.05, 0.1) is 6.54 Å². The molecule has 0 spiro atoms. The molecule has 0 amide bonds. The summed E-state index contributed by atoms with van der Waals surface area (Å²) in [4.78, 5) is 0. The second-order valence-corrected chi connectivity index (χ2v) is 4.45. The van der Waals surface area contributed by atoms with Gasteiger partial charge in [-0.2, -0.15) is 0 Å². The number of furan rings is 1. The van der Waals surface area contributed by atoms with Crippen molar-refractivity contribution >= 4 is 11.0 Å². The van der Waals surface area contributed by atoms with Gasteiger partial charge in [-0.15, -0.1) is 0 Å². The highest BCUT2D eigenvalue weighted by Gasteiger charge is 2.13. The van der Waals surface area contributed by atoms with Gasteiger partial charge < -0.3 is 14.9 Å². The van der Waals surface area contributed by atoms with Gasteiger partial charge in [-0.25, -0.2) is 4.39 Å². The van der Waals surface area contributed by atoms with Crippen LogP contribution in [-0.2, 0) is 13.2 Å². The van der Waals surface area contributed by atoms with Gasteiger partial charge in [0.15, 0.2) is 0 Å². The van der Waals surface area contributed by atoms with Gasteiger partial charge in [-0.1, -0.05) is 18.2 Å². The van der Waals surface area contributed by atoms with Crippen molar-refractivity contribution in [2.75, 3.05) is 0 Å². The van der Waals surface area contributed by atoms with E-state index in [1.807, 2.05) is 24.3 Å². The lowest BCUT2D eigenvalue weighted by atomic mass is 10.1. The Labute approximate surface area is 115 Å². The maximum atomic E-state index is 12.8. The van der Waals surface area contributed by atoms with Crippen LogP contribution in [0.5, 0.6) is 5.75 Å². The first-order valence-electron chi connectivity index (χ1n) is 6.35. The molecule has 0 radical (unpaired) electrons. The zero-order valence-electron chi connectivity index (χ0n) is 10.8. The molecule has 2 aromatic carbocycles. The Morgan fingerprint density at radius 2 is 1.80 bits per heavy atom. The number of para-hydroxylation sites is 1. The van der Waals surface area contributed by atoms with Crippen LogP contribution in [0, 0.1) is 5.82 Å². The zero-order chi connectivity index (χ0) is 13.9. The molecule has 1 heterocycles. The van der Waals surface area contributed by atoms with E-state index in [-0.39, 0.29) is 5.82 Å². The SMILES string of the molecule is NCc1oc2ccccc2c1COc1ccc(F)cc1. The van der Waals surface area contributed by atoms with Gasteiger partial charge >= 0.3 is 0 Å². The van der Waals surface area contributed by atoms with Crippen LogP contribution in [0.3, 0.4) is 0 Å². The van der Waals surface area contributed by atoms with Crippen LogP contribution in [0.15, 0.2) is 52.9 Å². The molecule has 3 nitrogen and oxygen atoms in total. The van der Waals surface area contributed by atoms with E-state index in [1.165, 1.54) is 12.1 Å². The van der Waals surface area contributed by atoms with E-state index in [4.69, 9.17) is 14.9 Å². The molecule has 0 aliphatic heterocycles. The fourth-order valence-corrected chi connectivity index (χ4v) is 2.16. The second kappa shape index (κ2) is 5.35. The van der Waals surface area contributed by atoms with Gasteiger partial charge in [0.1, 0.15) is 29.5 Å². The summed E-state index contributed by atoms with van der Waals surface area (Å²) in [6.07, 6.45) is 0. The fraction of sp³-hybridized carbons (Fsp3) is 0.125. The molecule has 0 atom stereocenters. The van der Waals surface area contributed by atoms with Crippen molar-refractivity contribution in [2.45, 2.75) is 13.2 Å². The van der Waals surface area contributed by atoms with E-state index in [0.717, 1.165) is 16.5 Å². The van der Waals surface area contributed by atoms with Gasteiger partial charge in [-0.05, 0) is 30.3 Å². The van der Waals surface area contributed by atoms with Crippen molar-refractivity contribution in [3.63, 3.8) is 0 Å². The van der Waals surface area contributed by atoms with Crippen molar-refractivity contribution in [2.24, 2.45) is 5.73 Å². The van der Waals surface area contributed by atoms with Crippen LogP contribution in [0.2, 0.25) is 0 Å². The maximum Gasteiger partial charge on any atom is 0.134 e. The van der Waals surface area contributed by atoms with E-state index in [9.17, 15) is 4.39 Å². The number of fused-ring (bicyclic) bond motifs is 1. The molecule has 2 N–H and O–H groups in total. The van der Waals surface area contributed by atoms with Crippen molar-refractivity contribution < 1.29 is 13.5 Å². The summed E-state index contributed by atoms with van der Waals surface area (Å²) >= 11 is 0. The Morgan fingerprint density at radius 1 is 1.05 bits per heavy atom. The van der Waals surface area contributed by atoms with Crippen molar-refractivity contribution in [3.8, 4) is 5.75 Å². The molecule has 0 unspecified atom stereocenters. The first-order valence-corrected chi connectivity index (χ1v) is 6.35. The third-order valence-corrected chi connectivity index (χ3v) is 3.16. The van der Waals surface area contributed by atoms with Crippen LogP contribution in [0.25, 0.3) is 11.0 Å². The van der Waals surface area contributed by atoms with Crippen LogP contribution >= 0.6 is 0 Å². The summed E-state index contributed by atoms with van der Waals surface area (Å²) in [6.45, 7) is 0.659. The lowest BCUT2D eigenvalue weighted by Gasteiger charge is -2.06. The molecule has 0 fully saturated rings. The summed E-state index contributed by atoms with van der Waals surface area (Å²) < 4.78 is 24.2. The van der Waals surface area contributed by atoms with Gasteiger partial charge in [0, 0.05) is 10.9 Å². The molecule has 1 aromatic heterocycles. The number of ether oxygens (including phenoxy) is 1. The molecule has 0 saturated heterocycles. The minimum Gasteiger partial charge on any atom is -0.489 e. The van der Waals surface area contributed by atoms with E-state index >= 15 is 0 Å². The third kappa shape index (κ3) is 2.38. The molecule has 0 bridgehead atoms. The number of halogens is 1. The largest absolute Gasteiger partial charge is 0.489 e. The Morgan fingerprint density at radius 3 is 2.55 bits per heavy atom. The number of hydrogen-bond donors (Lipinski definition) is 1. The van der Waals surface area contributed by atoms with Crippen molar-refractivity contribution in [1.82, 2.24) is 0 Å². The molecule has 0 saturated carbocycles. The predicted molar refractivity (Wildman–Crippen MR) is 74.8 cm³/mol. The number of hydrogen-bond acceptors (Lipinski definition) is 3. The third-order valence-electron chi connectivity index (χ3n) is 3.16. The molecule has 4 heteroatoms. The molecule has 0 aliphatic carbocycles. The normalized spacial score (nSPS) is 10.9. The Balaban J connectivity index is 1.88. The minimum absolute atomic E-state index is 0.284. The Bertz CT molecular complexity index is 719.